The molecule has 0 radical (unpaired) electrons. The Morgan fingerprint density at radius 3 is 2.39 bits per heavy atom. The monoisotopic (exact) mass is 327 g/mol. The molecule has 0 aromatic heterocycles. The van der Waals surface area contributed by atoms with Crippen LogP contribution in [-0.4, -0.2) is 17.1 Å². The molecule has 4 nitrogen and oxygen atoms in total. The van der Waals surface area contributed by atoms with Gasteiger partial charge in [0, 0.05) is 23.0 Å². The van der Waals surface area contributed by atoms with E-state index in [-0.39, 0.29) is 11.9 Å². The molecule has 120 valence electrons. The Morgan fingerprint density at radius 1 is 1.04 bits per heavy atom. The molecule has 5 heteroatoms. The highest BCUT2D eigenvalue weighted by Crippen LogP contribution is 2.12. The maximum absolute atomic E-state index is 12.2. The molecule has 0 aliphatic heterocycles. The molecule has 1 atom stereocenters. The standard InChI is InChI=1S/C18H21N3OS/c1-3-13(2)19-17(22)14-8-7-11-16(12-14)21-18(23)20-15-9-5-4-6-10-15/h4-13H,3H2,1-2H3,(H,19,22)(H2,20,21,23). The molecule has 1 unspecified atom stereocenters. The van der Waals surface area contributed by atoms with Crippen LogP contribution in [0.2, 0.25) is 0 Å². The lowest BCUT2D eigenvalue weighted by Crippen LogP contribution is -2.32. The van der Waals surface area contributed by atoms with Crippen molar-refractivity contribution in [1.29, 1.82) is 0 Å². The molecule has 3 N–H and O–H groups in total. The zero-order chi connectivity index (χ0) is 16.7. The summed E-state index contributed by atoms with van der Waals surface area (Å²) in [6.45, 7) is 4.02. The number of hydrogen-bond donors (Lipinski definition) is 3. The minimum absolute atomic E-state index is 0.0788. The molecule has 0 saturated heterocycles. The molecule has 0 aliphatic carbocycles. The van der Waals surface area contributed by atoms with Gasteiger partial charge in [-0.05, 0) is 55.9 Å². The Bertz CT molecular complexity index is 673. The van der Waals surface area contributed by atoms with Crippen molar-refractivity contribution in [2.75, 3.05) is 10.6 Å². The Morgan fingerprint density at radius 2 is 1.70 bits per heavy atom. The van der Waals surface area contributed by atoms with Crippen LogP contribution in [0.1, 0.15) is 30.6 Å². The van der Waals surface area contributed by atoms with E-state index in [1.165, 1.54) is 0 Å². The summed E-state index contributed by atoms with van der Waals surface area (Å²) in [5, 5.41) is 9.63. The van der Waals surface area contributed by atoms with Crippen LogP contribution in [0, 0.1) is 0 Å². The third-order valence-electron chi connectivity index (χ3n) is 3.40. The number of thiocarbonyl (C=S) groups is 1. The highest BCUT2D eigenvalue weighted by Gasteiger charge is 2.09. The molecule has 0 heterocycles. The smallest absolute Gasteiger partial charge is 0.251 e. The quantitative estimate of drug-likeness (QED) is 0.726. The summed E-state index contributed by atoms with van der Waals surface area (Å²) in [4.78, 5) is 12.2. The fourth-order valence-electron chi connectivity index (χ4n) is 1.96. The first-order valence-electron chi connectivity index (χ1n) is 7.62. The summed E-state index contributed by atoms with van der Waals surface area (Å²) < 4.78 is 0. The van der Waals surface area contributed by atoms with Gasteiger partial charge in [-0.1, -0.05) is 31.2 Å². The van der Waals surface area contributed by atoms with E-state index >= 15 is 0 Å². The van der Waals surface area contributed by atoms with Crippen LogP contribution in [-0.2, 0) is 0 Å². The molecule has 0 fully saturated rings. The molecule has 2 aromatic carbocycles. The van der Waals surface area contributed by atoms with Crippen LogP contribution >= 0.6 is 12.2 Å². The summed E-state index contributed by atoms with van der Waals surface area (Å²) in [5.41, 5.74) is 2.30. The van der Waals surface area contributed by atoms with Gasteiger partial charge in [0.05, 0.1) is 0 Å². The summed E-state index contributed by atoms with van der Waals surface area (Å²) in [5.74, 6) is -0.0788. The van der Waals surface area contributed by atoms with Gasteiger partial charge in [0.25, 0.3) is 5.91 Å². The first kappa shape index (κ1) is 17.0. The molecule has 2 aromatic rings. The molecule has 0 spiro atoms. The van der Waals surface area contributed by atoms with E-state index < -0.39 is 0 Å². The Kier molecular flexibility index (Phi) is 6.11. The van der Waals surface area contributed by atoms with E-state index in [1.54, 1.807) is 12.1 Å². The van der Waals surface area contributed by atoms with Crippen molar-refractivity contribution in [3.8, 4) is 0 Å². The normalized spacial score (nSPS) is 11.4. The first-order chi connectivity index (χ1) is 11.1. The second-order valence-corrected chi connectivity index (χ2v) is 5.72. The topological polar surface area (TPSA) is 53.2 Å². The SMILES string of the molecule is CCC(C)NC(=O)c1cccc(NC(=S)Nc2ccccc2)c1. The summed E-state index contributed by atoms with van der Waals surface area (Å²) in [6, 6.07) is 17.1. The van der Waals surface area contributed by atoms with Crippen molar-refractivity contribution in [2.24, 2.45) is 0 Å². The number of amides is 1. The molecular weight excluding hydrogens is 306 g/mol. The van der Waals surface area contributed by atoms with Gasteiger partial charge in [-0.2, -0.15) is 0 Å². The van der Waals surface area contributed by atoms with Crippen LogP contribution in [0.15, 0.2) is 54.6 Å². The van der Waals surface area contributed by atoms with Crippen molar-refractivity contribution >= 4 is 34.6 Å². The second-order valence-electron chi connectivity index (χ2n) is 5.31. The van der Waals surface area contributed by atoms with E-state index in [9.17, 15) is 4.79 Å². The number of anilines is 2. The third kappa shape index (κ3) is 5.38. The predicted molar refractivity (Wildman–Crippen MR) is 99.9 cm³/mol. The van der Waals surface area contributed by atoms with Gasteiger partial charge in [-0.25, -0.2) is 0 Å². The number of benzene rings is 2. The van der Waals surface area contributed by atoms with Gasteiger partial charge in [0.1, 0.15) is 0 Å². The highest BCUT2D eigenvalue weighted by atomic mass is 32.1. The largest absolute Gasteiger partial charge is 0.350 e. The minimum atomic E-state index is -0.0788. The van der Waals surface area contributed by atoms with Crippen molar-refractivity contribution in [1.82, 2.24) is 5.32 Å². The molecule has 1 amide bonds. The number of hydrogen-bond acceptors (Lipinski definition) is 2. The fraction of sp³-hybridized carbons (Fsp3) is 0.222. The van der Waals surface area contributed by atoms with E-state index in [1.807, 2.05) is 56.3 Å². The molecule has 23 heavy (non-hydrogen) atoms. The van der Waals surface area contributed by atoms with Crippen molar-refractivity contribution < 1.29 is 4.79 Å². The van der Waals surface area contributed by atoms with Gasteiger partial charge in [-0.3, -0.25) is 4.79 Å². The lowest BCUT2D eigenvalue weighted by Gasteiger charge is -2.13. The Labute approximate surface area is 142 Å². The van der Waals surface area contributed by atoms with Crippen molar-refractivity contribution in [2.45, 2.75) is 26.3 Å². The van der Waals surface area contributed by atoms with Crippen LogP contribution in [0.5, 0.6) is 0 Å². The van der Waals surface area contributed by atoms with E-state index in [2.05, 4.69) is 16.0 Å². The third-order valence-corrected chi connectivity index (χ3v) is 3.61. The van der Waals surface area contributed by atoms with Crippen LogP contribution < -0.4 is 16.0 Å². The van der Waals surface area contributed by atoms with Gasteiger partial charge < -0.3 is 16.0 Å². The number of rotatable bonds is 5. The number of carbonyl (C=O) groups excluding carboxylic acids is 1. The predicted octanol–water partition coefficient (Wildman–Crippen LogP) is 4.02. The van der Waals surface area contributed by atoms with Gasteiger partial charge in [0.2, 0.25) is 0 Å². The summed E-state index contributed by atoms with van der Waals surface area (Å²) in [7, 11) is 0. The van der Waals surface area contributed by atoms with Gasteiger partial charge in [0.15, 0.2) is 5.11 Å². The molecule has 0 aliphatic rings. The van der Waals surface area contributed by atoms with E-state index in [0.717, 1.165) is 17.8 Å². The summed E-state index contributed by atoms with van der Waals surface area (Å²) >= 11 is 5.29. The van der Waals surface area contributed by atoms with Gasteiger partial charge in [-0.15, -0.1) is 0 Å². The lowest BCUT2D eigenvalue weighted by molar-refractivity contribution is 0.0939. The maximum atomic E-state index is 12.2. The van der Waals surface area contributed by atoms with Crippen molar-refractivity contribution in [3.63, 3.8) is 0 Å². The minimum Gasteiger partial charge on any atom is -0.350 e. The average Bonchev–Trinajstić information content (AvgIpc) is 2.55. The van der Waals surface area contributed by atoms with Crippen LogP contribution in [0.4, 0.5) is 11.4 Å². The zero-order valence-electron chi connectivity index (χ0n) is 13.3. The van der Waals surface area contributed by atoms with Gasteiger partial charge >= 0.3 is 0 Å². The zero-order valence-corrected chi connectivity index (χ0v) is 14.1. The number of carbonyl (C=O) groups is 1. The highest BCUT2D eigenvalue weighted by molar-refractivity contribution is 7.80. The molecule has 0 saturated carbocycles. The first-order valence-corrected chi connectivity index (χ1v) is 8.03. The van der Waals surface area contributed by atoms with Crippen LogP contribution in [0.25, 0.3) is 0 Å². The lowest BCUT2D eigenvalue weighted by atomic mass is 10.1. The van der Waals surface area contributed by atoms with Crippen LogP contribution in [0.3, 0.4) is 0 Å². The average molecular weight is 327 g/mol. The molecule has 0 bridgehead atoms. The number of para-hydroxylation sites is 1. The Hall–Kier alpha value is -2.40. The maximum Gasteiger partial charge on any atom is 0.251 e. The summed E-state index contributed by atoms with van der Waals surface area (Å²) in [6.07, 6.45) is 0.898. The van der Waals surface area contributed by atoms with E-state index in [0.29, 0.717) is 10.7 Å². The molecule has 2 rings (SSSR count). The second kappa shape index (κ2) is 8.29. The molecular formula is C18H21N3OS. The Balaban J connectivity index is 1.99. The fourth-order valence-corrected chi connectivity index (χ4v) is 2.20. The number of nitrogens with one attached hydrogen (secondary N) is 3. The van der Waals surface area contributed by atoms with Crippen molar-refractivity contribution in [3.05, 3.63) is 60.2 Å². The van der Waals surface area contributed by atoms with E-state index in [4.69, 9.17) is 12.2 Å².